The molecule has 0 aromatic carbocycles. The largest absolute Gasteiger partial charge is 0.473 e. The molecular weight excluding hydrogens is 150 g/mol. The van der Waals surface area contributed by atoms with E-state index >= 15 is 0 Å². The first-order valence-electron chi connectivity index (χ1n) is 1.51. The van der Waals surface area contributed by atoms with E-state index in [0.717, 1.165) is 0 Å². The molecule has 0 aromatic rings. The Bertz CT molecular complexity index is 114. The number of hydrogen-bond donors (Lipinski definition) is 3. The van der Waals surface area contributed by atoms with E-state index in [9.17, 15) is 9.59 Å². The van der Waals surface area contributed by atoms with Gasteiger partial charge in [-0.15, -0.1) is 0 Å². The van der Waals surface area contributed by atoms with Crippen molar-refractivity contribution in [1.82, 2.24) is 4.72 Å². The van der Waals surface area contributed by atoms with Crippen LogP contribution in [0.25, 0.3) is 0 Å². The van der Waals surface area contributed by atoms with Crippen LogP contribution in [0.2, 0.25) is 0 Å². The van der Waals surface area contributed by atoms with Gasteiger partial charge in [0.15, 0.2) is 0 Å². The molecule has 46 valence electrons. The molecule has 0 radical (unpaired) electrons. The van der Waals surface area contributed by atoms with Crippen molar-refractivity contribution in [3.63, 3.8) is 0 Å². The molecule has 2 N–H and O–H groups in total. The van der Waals surface area contributed by atoms with E-state index in [0.29, 0.717) is 0 Å². The third-order valence-corrected chi connectivity index (χ3v) is 1.09. The van der Waals surface area contributed by atoms with Crippen molar-refractivity contribution in [2.75, 3.05) is 0 Å². The van der Waals surface area contributed by atoms with E-state index in [1.807, 2.05) is 4.72 Å². The summed E-state index contributed by atoms with van der Waals surface area (Å²) < 4.78 is 1.83. The summed E-state index contributed by atoms with van der Waals surface area (Å²) >= 11 is 3.45. The highest BCUT2D eigenvalue weighted by molar-refractivity contribution is 8.26. The third-order valence-electron chi connectivity index (χ3n) is 0.271. The Morgan fingerprint density at radius 1 is 1.62 bits per heavy atom. The molecule has 0 aliphatic carbocycles. The highest BCUT2D eigenvalue weighted by Crippen LogP contribution is 2.00. The normalized spacial score (nSPS) is 8.12. The smallest absolute Gasteiger partial charge is 0.374 e. The van der Waals surface area contributed by atoms with Crippen molar-refractivity contribution in [2.45, 2.75) is 0 Å². The van der Waals surface area contributed by atoms with Gasteiger partial charge in [0.1, 0.15) is 0 Å². The Morgan fingerprint density at radius 2 is 2.12 bits per heavy atom. The predicted octanol–water partition coefficient (Wildman–Crippen LogP) is 0.952. The summed E-state index contributed by atoms with van der Waals surface area (Å²) in [7, 11) is 0. The third kappa shape index (κ3) is 3.82. The number of carbonyl (C=O) groups is 2. The molecule has 4 nitrogen and oxygen atoms in total. The van der Waals surface area contributed by atoms with Crippen molar-refractivity contribution in [3.05, 3.63) is 0 Å². The van der Waals surface area contributed by atoms with Crippen LogP contribution >= 0.6 is 24.6 Å². The molecule has 8 heavy (non-hydrogen) atoms. The van der Waals surface area contributed by atoms with Gasteiger partial charge < -0.3 is 5.11 Å². The van der Waals surface area contributed by atoms with Gasteiger partial charge in [-0.2, -0.15) is 0 Å². The molecule has 0 saturated heterocycles. The van der Waals surface area contributed by atoms with Crippen LogP contribution in [0.5, 0.6) is 0 Å². The van der Waals surface area contributed by atoms with Crippen LogP contribution in [0, 0.1) is 0 Å². The quantitative estimate of drug-likeness (QED) is 0.453. The zero-order valence-electron chi connectivity index (χ0n) is 3.62. The van der Waals surface area contributed by atoms with Crippen LogP contribution in [0.4, 0.5) is 9.59 Å². The molecule has 0 unspecified atom stereocenters. The molecule has 0 aliphatic heterocycles. The van der Waals surface area contributed by atoms with E-state index in [2.05, 4.69) is 12.8 Å². The Hall–Kier alpha value is -0.360. The maximum Gasteiger partial charge on any atom is 0.374 e. The standard InChI is InChI=1S/C2H3NO3S2/c4-1(3-7)8-2(5)6/h7H,(H,3,4)(H,5,6). The second-order valence-corrected chi connectivity index (χ2v) is 1.91. The lowest BCUT2D eigenvalue weighted by molar-refractivity contribution is 0.222. The van der Waals surface area contributed by atoms with Gasteiger partial charge in [-0.3, -0.25) is 9.52 Å². The van der Waals surface area contributed by atoms with Gasteiger partial charge in [0, 0.05) is 0 Å². The van der Waals surface area contributed by atoms with Gasteiger partial charge in [-0.05, 0) is 0 Å². The maximum absolute atomic E-state index is 10.0. The van der Waals surface area contributed by atoms with Crippen LogP contribution in [-0.2, 0) is 0 Å². The number of hydrogen-bond acceptors (Lipinski definition) is 4. The fourth-order valence-electron chi connectivity index (χ4n) is 0.102. The fourth-order valence-corrected chi connectivity index (χ4v) is 0.443. The summed E-state index contributed by atoms with van der Waals surface area (Å²) in [6.45, 7) is 0. The molecule has 0 saturated carbocycles. The minimum atomic E-state index is -1.24. The predicted molar refractivity (Wildman–Crippen MR) is 33.1 cm³/mol. The molecule has 0 bridgehead atoms. The lowest BCUT2D eigenvalue weighted by atomic mass is 11.4. The van der Waals surface area contributed by atoms with Crippen molar-refractivity contribution < 1.29 is 14.7 Å². The van der Waals surface area contributed by atoms with Crippen LogP contribution in [0.15, 0.2) is 0 Å². The Morgan fingerprint density at radius 3 is 2.25 bits per heavy atom. The number of carboxylic acid groups (broad SMARTS) is 1. The van der Waals surface area contributed by atoms with E-state index in [1.54, 1.807) is 0 Å². The zero-order valence-corrected chi connectivity index (χ0v) is 5.33. The minimum absolute atomic E-state index is 0.145. The van der Waals surface area contributed by atoms with E-state index in [4.69, 9.17) is 5.11 Å². The number of rotatable bonds is 0. The molecule has 0 aromatic heterocycles. The fraction of sp³-hybridized carbons (Fsp3) is 0. The van der Waals surface area contributed by atoms with Crippen LogP contribution in [0.3, 0.4) is 0 Å². The highest BCUT2D eigenvalue weighted by atomic mass is 32.2. The summed E-state index contributed by atoms with van der Waals surface area (Å²) in [6.07, 6.45) is 0. The number of carbonyl (C=O) groups excluding carboxylic acids is 1. The van der Waals surface area contributed by atoms with Gasteiger partial charge in [0.05, 0.1) is 11.8 Å². The second kappa shape index (κ2) is 3.62. The number of thioether (sulfide) groups is 1. The topological polar surface area (TPSA) is 66.4 Å². The van der Waals surface area contributed by atoms with Crippen molar-refractivity contribution in [2.24, 2.45) is 0 Å². The van der Waals surface area contributed by atoms with E-state index < -0.39 is 10.5 Å². The molecule has 0 heterocycles. The Labute approximate surface area is 55.2 Å². The SMILES string of the molecule is O=C(O)SC(=O)NS. The van der Waals surface area contributed by atoms with Crippen molar-refractivity contribution in [1.29, 1.82) is 0 Å². The monoisotopic (exact) mass is 153 g/mol. The zero-order chi connectivity index (χ0) is 6.57. The first kappa shape index (κ1) is 7.64. The summed E-state index contributed by atoms with van der Waals surface area (Å²) in [5.74, 6) is 0. The second-order valence-electron chi connectivity index (χ2n) is 0.767. The van der Waals surface area contributed by atoms with Crippen molar-refractivity contribution >= 4 is 35.1 Å². The lowest BCUT2D eigenvalue weighted by Gasteiger charge is -1.87. The van der Waals surface area contributed by atoms with Gasteiger partial charge in [0.2, 0.25) is 0 Å². The van der Waals surface area contributed by atoms with Crippen molar-refractivity contribution in [3.8, 4) is 0 Å². The summed E-state index contributed by atoms with van der Waals surface area (Å²) in [6, 6.07) is 0. The minimum Gasteiger partial charge on any atom is -0.473 e. The Balaban J connectivity index is 3.40. The molecule has 0 atom stereocenters. The average Bonchev–Trinajstić information content (AvgIpc) is 1.65. The molecule has 6 heteroatoms. The average molecular weight is 153 g/mol. The molecular formula is C2H3NO3S2. The molecule has 1 amide bonds. The van der Waals surface area contributed by atoms with Crippen LogP contribution < -0.4 is 4.72 Å². The lowest BCUT2D eigenvalue weighted by Crippen LogP contribution is -2.06. The maximum atomic E-state index is 10.0. The molecule has 0 fully saturated rings. The van der Waals surface area contributed by atoms with Gasteiger partial charge in [0.25, 0.3) is 5.24 Å². The Kier molecular flexibility index (Phi) is 3.46. The number of thiol groups is 1. The highest BCUT2D eigenvalue weighted by Gasteiger charge is 2.04. The van der Waals surface area contributed by atoms with E-state index in [-0.39, 0.29) is 11.8 Å². The van der Waals surface area contributed by atoms with Crippen LogP contribution in [0.1, 0.15) is 0 Å². The van der Waals surface area contributed by atoms with E-state index in [1.165, 1.54) is 0 Å². The molecule has 0 spiro atoms. The number of amides is 1. The number of nitrogens with one attached hydrogen (secondary N) is 1. The van der Waals surface area contributed by atoms with Gasteiger partial charge in [-0.1, -0.05) is 12.8 Å². The van der Waals surface area contributed by atoms with Gasteiger partial charge >= 0.3 is 5.30 Å². The first-order valence-corrected chi connectivity index (χ1v) is 2.78. The first-order chi connectivity index (χ1) is 3.66. The summed E-state index contributed by atoms with van der Waals surface area (Å²) in [5.41, 5.74) is 0. The summed E-state index contributed by atoms with van der Waals surface area (Å²) in [5, 5.41) is 5.95. The van der Waals surface area contributed by atoms with Crippen LogP contribution in [-0.4, -0.2) is 15.6 Å². The summed E-state index contributed by atoms with van der Waals surface area (Å²) in [4.78, 5) is 19.7. The molecule has 0 aliphatic rings. The molecule has 0 rings (SSSR count). The van der Waals surface area contributed by atoms with Gasteiger partial charge in [-0.25, -0.2) is 4.79 Å².